The molecule has 0 spiro atoms. The fraction of sp³-hybridized carbons (Fsp3) is 0.754. The zero-order valence-corrected chi connectivity index (χ0v) is 47.8. The van der Waals surface area contributed by atoms with E-state index in [1.807, 2.05) is 24.3 Å². The van der Waals surface area contributed by atoms with Gasteiger partial charge in [-0.3, -0.25) is 4.79 Å². The van der Waals surface area contributed by atoms with Crippen LogP contribution in [-0.4, -0.2) is 193 Å². The van der Waals surface area contributed by atoms with Crippen LogP contribution >= 0.6 is 0 Å². The summed E-state index contributed by atoms with van der Waals surface area (Å²) < 4.78 is 34.1. The van der Waals surface area contributed by atoms with E-state index in [9.17, 15) is 61.0 Å². The maximum absolute atomic E-state index is 13.2. The molecule has 0 aromatic carbocycles. The molecule has 3 rings (SSSR count). The lowest BCUT2D eigenvalue weighted by molar-refractivity contribution is -0.379. The molecule has 460 valence electrons. The number of unbranched alkanes of at least 4 members (excludes halogenated alkanes) is 15. The van der Waals surface area contributed by atoms with Gasteiger partial charge in [-0.05, 0) is 57.8 Å². The Morgan fingerprint density at radius 1 is 0.463 bits per heavy atom. The van der Waals surface area contributed by atoms with Gasteiger partial charge in [0, 0.05) is 6.42 Å². The van der Waals surface area contributed by atoms with Crippen LogP contribution in [0.1, 0.15) is 162 Å². The summed E-state index contributed by atoms with van der Waals surface area (Å²) in [5, 5.41) is 120. The Balaban J connectivity index is 1.54. The molecule has 3 aliphatic rings. The summed E-state index contributed by atoms with van der Waals surface area (Å²) in [5.74, 6) is -0.416. The largest absolute Gasteiger partial charge is 0.394 e. The molecule has 1 amide bonds. The molecule has 0 saturated carbocycles. The first-order chi connectivity index (χ1) is 38.8. The molecule has 0 bridgehead atoms. The second kappa shape index (κ2) is 43.6. The molecule has 3 saturated heterocycles. The van der Waals surface area contributed by atoms with E-state index >= 15 is 0 Å². The number of ether oxygens (including phenoxy) is 6. The lowest BCUT2D eigenvalue weighted by Gasteiger charge is -2.48. The van der Waals surface area contributed by atoms with Crippen LogP contribution in [0.3, 0.4) is 0 Å². The molecule has 17 atom stereocenters. The topological polar surface area (TPSA) is 307 Å². The number of amides is 1. The molecule has 3 heterocycles. The normalized spacial score (nSPS) is 30.6. The Morgan fingerprint density at radius 2 is 0.875 bits per heavy atom. The third-order valence-corrected chi connectivity index (χ3v) is 14.5. The Hall–Kier alpha value is -3.03. The molecule has 0 aromatic rings. The number of nitrogens with one attached hydrogen (secondary N) is 1. The maximum Gasteiger partial charge on any atom is 0.224 e. The number of hydrogen-bond donors (Lipinski definition) is 12. The van der Waals surface area contributed by atoms with E-state index in [1.165, 1.54) is 83.5 Å². The number of aliphatic hydroxyl groups is 11. The third-order valence-electron chi connectivity index (χ3n) is 14.5. The summed E-state index contributed by atoms with van der Waals surface area (Å²) in [6, 6.07) is -1.05. The lowest BCUT2D eigenvalue weighted by Crippen LogP contribution is -2.66. The number of aliphatic hydroxyl groups excluding tert-OH is 11. The van der Waals surface area contributed by atoms with Crippen LogP contribution in [0.15, 0.2) is 85.1 Å². The van der Waals surface area contributed by atoms with E-state index < -0.39 is 137 Å². The van der Waals surface area contributed by atoms with Crippen molar-refractivity contribution in [3.05, 3.63) is 85.1 Å². The van der Waals surface area contributed by atoms with E-state index in [-0.39, 0.29) is 6.42 Å². The van der Waals surface area contributed by atoms with Crippen molar-refractivity contribution < 1.29 is 89.4 Å². The van der Waals surface area contributed by atoms with Crippen LogP contribution in [0.2, 0.25) is 0 Å². The summed E-state index contributed by atoms with van der Waals surface area (Å²) in [5.41, 5.74) is 0. The van der Waals surface area contributed by atoms with E-state index in [4.69, 9.17) is 28.4 Å². The highest BCUT2D eigenvalue weighted by Crippen LogP contribution is 2.33. The second-order valence-electron chi connectivity index (χ2n) is 21.1. The SMILES string of the molecule is CC/C=C\C/C=C\C/C=C\C/C=C\C/C=C\CC(=O)NC(COC1OC(CO)C(OC2OC(CO)C(OC3OC(CO)C(O)C(O)C3O)C(O)C2O)C(O)C1O)C(O)/C=C/CC/C=C/CCCCCCCCCCCCCCCC. The number of allylic oxidation sites excluding steroid dienone is 12. The number of hydrogen-bond acceptors (Lipinski definition) is 18. The van der Waals surface area contributed by atoms with Gasteiger partial charge in [0.25, 0.3) is 0 Å². The minimum absolute atomic E-state index is 0.00101. The molecular formula is C61H103NO18. The molecular weight excluding hydrogens is 1030 g/mol. The zero-order chi connectivity index (χ0) is 58.3. The van der Waals surface area contributed by atoms with Crippen molar-refractivity contribution in [3.63, 3.8) is 0 Å². The van der Waals surface area contributed by atoms with E-state index in [0.717, 1.165) is 44.9 Å². The summed E-state index contributed by atoms with van der Waals surface area (Å²) in [6.07, 6.45) is 26.0. The van der Waals surface area contributed by atoms with Gasteiger partial charge in [0.2, 0.25) is 5.91 Å². The molecule has 0 radical (unpaired) electrons. The van der Waals surface area contributed by atoms with Crippen LogP contribution in [0.5, 0.6) is 0 Å². The van der Waals surface area contributed by atoms with Gasteiger partial charge in [0.1, 0.15) is 73.2 Å². The average molecular weight is 1140 g/mol. The monoisotopic (exact) mass is 1140 g/mol. The average Bonchev–Trinajstić information content (AvgIpc) is 3.50. The quantitative estimate of drug-likeness (QED) is 0.0276. The van der Waals surface area contributed by atoms with Gasteiger partial charge >= 0.3 is 0 Å². The fourth-order valence-electron chi connectivity index (χ4n) is 9.57. The molecule has 3 aliphatic heterocycles. The highest BCUT2D eigenvalue weighted by Gasteiger charge is 2.53. The van der Waals surface area contributed by atoms with Crippen LogP contribution in [0.25, 0.3) is 0 Å². The van der Waals surface area contributed by atoms with Gasteiger partial charge in [-0.25, -0.2) is 0 Å². The predicted octanol–water partition coefficient (Wildman–Crippen LogP) is 5.20. The smallest absolute Gasteiger partial charge is 0.224 e. The van der Waals surface area contributed by atoms with Crippen molar-refractivity contribution in [2.24, 2.45) is 0 Å². The van der Waals surface area contributed by atoms with E-state index in [1.54, 1.807) is 12.2 Å². The zero-order valence-electron chi connectivity index (χ0n) is 47.8. The first-order valence-electron chi connectivity index (χ1n) is 29.8. The van der Waals surface area contributed by atoms with Gasteiger partial charge in [-0.1, -0.05) is 182 Å². The fourth-order valence-corrected chi connectivity index (χ4v) is 9.57. The van der Waals surface area contributed by atoms with Crippen molar-refractivity contribution in [1.29, 1.82) is 0 Å². The Kier molecular flexibility index (Phi) is 38.8. The van der Waals surface area contributed by atoms with Crippen LogP contribution in [-0.2, 0) is 33.2 Å². The molecule has 12 N–H and O–H groups in total. The van der Waals surface area contributed by atoms with Gasteiger partial charge in [0.15, 0.2) is 18.9 Å². The lowest BCUT2D eigenvalue weighted by atomic mass is 9.96. The van der Waals surface area contributed by atoms with Crippen LogP contribution < -0.4 is 5.32 Å². The second-order valence-corrected chi connectivity index (χ2v) is 21.1. The van der Waals surface area contributed by atoms with Crippen molar-refractivity contribution in [3.8, 4) is 0 Å². The molecule has 0 aromatic heterocycles. The molecule has 17 unspecified atom stereocenters. The van der Waals surface area contributed by atoms with Crippen LogP contribution in [0, 0.1) is 0 Å². The number of rotatable bonds is 42. The number of carbonyl (C=O) groups is 1. The molecule has 19 heteroatoms. The van der Waals surface area contributed by atoms with Gasteiger partial charge < -0.3 is 89.9 Å². The summed E-state index contributed by atoms with van der Waals surface area (Å²) in [6.45, 7) is 1.50. The first-order valence-corrected chi connectivity index (χ1v) is 29.8. The van der Waals surface area contributed by atoms with Gasteiger partial charge in [-0.2, -0.15) is 0 Å². The molecule has 80 heavy (non-hydrogen) atoms. The minimum Gasteiger partial charge on any atom is -0.394 e. The summed E-state index contributed by atoms with van der Waals surface area (Å²) in [4.78, 5) is 13.2. The molecule has 3 fully saturated rings. The van der Waals surface area contributed by atoms with Crippen molar-refractivity contribution in [2.45, 2.75) is 266 Å². The number of carbonyl (C=O) groups excluding carboxylic acids is 1. The minimum atomic E-state index is -1.99. The molecule has 0 aliphatic carbocycles. The third kappa shape index (κ3) is 27.1. The Bertz CT molecular complexity index is 1790. The summed E-state index contributed by atoms with van der Waals surface area (Å²) in [7, 11) is 0. The molecule has 19 nitrogen and oxygen atoms in total. The predicted molar refractivity (Wildman–Crippen MR) is 304 cm³/mol. The Morgan fingerprint density at radius 3 is 1.38 bits per heavy atom. The maximum atomic E-state index is 13.2. The first kappa shape index (κ1) is 71.2. The Labute approximate surface area is 476 Å². The van der Waals surface area contributed by atoms with Crippen LogP contribution in [0.4, 0.5) is 0 Å². The van der Waals surface area contributed by atoms with Gasteiger partial charge in [-0.15, -0.1) is 0 Å². The standard InChI is InChI=1S/C61H103NO18/c1-3-5-7-9-11-13-15-17-19-20-21-22-23-25-26-28-30-32-34-36-38-45(66)44(62-49(67)39-37-35-33-31-29-27-24-18-16-14-12-10-8-6-4-2)43-75-59-55(73)52(70)57(47(41-64)77-59)80-61-56(74)53(71)58(48(42-65)78-61)79-60-54(72)51(69)50(68)46(40-63)76-60/h6,8,12,14,18,24,28-31,35-38,44-48,50-61,63-66,68-74H,3-5,7,9-11,13,15-17,19-23,25-27,32-34,39-43H2,1-2H3,(H,62,67)/b8-6-,14-12-,24-18-,30-28+,31-29-,37-35-,38-36+. The van der Waals surface area contributed by atoms with Gasteiger partial charge in [0.05, 0.1) is 38.6 Å². The van der Waals surface area contributed by atoms with Crippen molar-refractivity contribution in [2.75, 3.05) is 26.4 Å². The highest BCUT2D eigenvalue weighted by atomic mass is 16.8. The summed E-state index contributed by atoms with van der Waals surface area (Å²) >= 11 is 0. The van der Waals surface area contributed by atoms with Crippen molar-refractivity contribution in [1.82, 2.24) is 5.32 Å². The van der Waals surface area contributed by atoms with E-state index in [2.05, 4.69) is 67.8 Å². The van der Waals surface area contributed by atoms with Crippen molar-refractivity contribution >= 4 is 5.91 Å². The highest BCUT2D eigenvalue weighted by molar-refractivity contribution is 5.77. The van der Waals surface area contributed by atoms with E-state index in [0.29, 0.717) is 12.8 Å².